The fraction of sp³-hybridized carbons (Fsp3) is 0.389. The minimum Gasteiger partial charge on any atom is -0.327 e. The molecule has 1 aromatic carbocycles. The van der Waals surface area contributed by atoms with E-state index in [-0.39, 0.29) is 5.56 Å². The van der Waals surface area contributed by atoms with E-state index in [1.54, 1.807) is 6.92 Å². The van der Waals surface area contributed by atoms with Gasteiger partial charge in [0, 0.05) is 24.6 Å². The Bertz CT molecular complexity index is 1100. The lowest BCUT2D eigenvalue weighted by molar-refractivity contribution is 0.0637. The molecule has 0 spiro atoms. The largest absolute Gasteiger partial charge is 0.327 e. The lowest BCUT2D eigenvalue weighted by atomic mass is 10.1. The van der Waals surface area contributed by atoms with Crippen molar-refractivity contribution < 1.29 is 13.6 Å². The van der Waals surface area contributed by atoms with Gasteiger partial charge in [-0.2, -0.15) is 4.37 Å². The van der Waals surface area contributed by atoms with Gasteiger partial charge in [0.15, 0.2) is 16.7 Å². The number of halogens is 3. The van der Waals surface area contributed by atoms with Crippen LogP contribution in [0.5, 0.6) is 0 Å². The molecular formula is C18H15ClF2N6OS. The number of aromatic nitrogens is 5. The first-order valence-corrected chi connectivity index (χ1v) is 10.3. The molecule has 3 heterocycles. The van der Waals surface area contributed by atoms with Gasteiger partial charge in [-0.1, -0.05) is 11.6 Å². The molecular weight excluding hydrogens is 422 g/mol. The van der Waals surface area contributed by atoms with Gasteiger partial charge in [0.05, 0.1) is 6.04 Å². The van der Waals surface area contributed by atoms with Crippen molar-refractivity contribution in [3.8, 4) is 10.8 Å². The Morgan fingerprint density at radius 1 is 1.21 bits per heavy atom. The van der Waals surface area contributed by atoms with E-state index in [0.29, 0.717) is 35.7 Å². The van der Waals surface area contributed by atoms with Gasteiger partial charge in [-0.25, -0.2) is 13.8 Å². The maximum absolute atomic E-state index is 13.8. The average molecular weight is 437 g/mol. The lowest BCUT2D eigenvalue weighted by Crippen LogP contribution is -2.41. The molecule has 29 heavy (non-hydrogen) atoms. The quantitative estimate of drug-likeness (QED) is 0.583. The predicted molar refractivity (Wildman–Crippen MR) is 102 cm³/mol. The number of carbonyl (C=O) groups is 1. The van der Waals surface area contributed by atoms with E-state index in [4.69, 9.17) is 11.6 Å². The Morgan fingerprint density at radius 2 is 1.93 bits per heavy atom. The van der Waals surface area contributed by atoms with Crippen LogP contribution in [0.3, 0.4) is 0 Å². The Hall–Kier alpha value is -2.46. The van der Waals surface area contributed by atoms with Gasteiger partial charge in [-0.15, -0.1) is 10.2 Å². The van der Waals surface area contributed by atoms with Gasteiger partial charge in [-0.05, 0) is 43.4 Å². The maximum atomic E-state index is 13.8. The molecule has 1 fully saturated rings. The van der Waals surface area contributed by atoms with Crippen molar-refractivity contribution in [2.45, 2.75) is 38.3 Å². The number of nitrogens with zero attached hydrogens (tertiary/aromatic N) is 6. The Balaban J connectivity index is 1.43. The van der Waals surface area contributed by atoms with E-state index >= 15 is 0 Å². The van der Waals surface area contributed by atoms with E-state index in [2.05, 4.69) is 19.6 Å². The molecule has 0 unspecified atom stereocenters. The van der Waals surface area contributed by atoms with Gasteiger partial charge >= 0.3 is 0 Å². The van der Waals surface area contributed by atoms with Crippen LogP contribution in [0, 0.1) is 11.6 Å². The van der Waals surface area contributed by atoms with Crippen LogP contribution in [-0.4, -0.2) is 41.5 Å². The van der Waals surface area contributed by atoms with Crippen LogP contribution in [0.25, 0.3) is 10.8 Å². The molecule has 2 aromatic heterocycles. The number of hydrogen-bond donors (Lipinski definition) is 0. The fourth-order valence-corrected chi connectivity index (χ4v) is 4.34. The van der Waals surface area contributed by atoms with Crippen molar-refractivity contribution >= 4 is 29.0 Å². The number of rotatable bonds is 3. The molecule has 0 bridgehead atoms. The van der Waals surface area contributed by atoms with Crippen LogP contribution in [0.4, 0.5) is 8.78 Å². The molecule has 11 heteroatoms. The zero-order valence-corrected chi connectivity index (χ0v) is 16.8. The normalized spacial score (nSPS) is 18.8. The van der Waals surface area contributed by atoms with Crippen LogP contribution < -0.4 is 0 Å². The van der Waals surface area contributed by atoms with Gasteiger partial charge in [0.25, 0.3) is 5.91 Å². The van der Waals surface area contributed by atoms with Gasteiger partial charge in [-0.3, -0.25) is 4.79 Å². The molecule has 7 nitrogen and oxygen atoms in total. The summed E-state index contributed by atoms with van der Waals surface area (Å²) < 4.78 is 33.9. The Morgan fingerprint density at radius 3 is 2.62 bits per heavy atom. The van der Waals surface area contributed by atoms with E-state index in [1.807, 2.05) is 4.57 Å². The third-order valence-corrected chi connectivity index (χ3v) is 6.34. The molecule has 1 amide bonds. The molecule has 0 N–H and O–H groups in total. The minimum atomic E-state index is -0.965. The molecule has 0 radical (unpaired) electrons. The summed E-state index contributed by atoms with van der Waals surface area (Å²) in [6.07, 6.45) is 2.24. The predicted octanol–water partition coefficient (Wildman–Crippen LogP) is 3.82. The van der Waals surface area contributed by atoms with Gasteiger partial charge in [0.2, 0.25) is 0 Å². The van der Waals surface area contributed by atoms with Crippen molar-refractivity contribution in [3.05, 3.63) is 46.0 Å². The number of benzene rings is 1. The molecule has 2 aliphatic rings. The van der Waals surface area contributed by atoms with Crippen molar-refractivity contribution in [2.75, 3.05) is 6.54 Å². The number of fused-ring (bicyclic) bond motifs is 1. The van der Waals surface area contributed by atoms with Crippen LogP contribution in [0.2, 0.25) is 5.02 Å². The molecule has 1 atom stereocenters. The second-order valence-corrected chi connectivity index (χ2v) is 8.32. The first kappa shape index (κ1) is 18.6. The summed E-state index contributed by atoms with van der Waals surface area (Å²) in [7, 11) is 0. The summed E-state index contributed by atoms with van der Waals surface area (Å²) in [6.45, 7) is 2.60. The molecule has 1 aliphatic heterocycles. The number of amides is 1. The second-order valence-electron chi connectivity index (χ2n) is 7.19. The lowest BCUT2D eigenvalue weighted by Gasteiger charge is -2.33. The molecule has 150 valence electrons. The third-order valence-electron chi connectivity index (χ3n) is 5.25. The minimum absolute atomic E-state index is 0.0948. The summed E-state index contributed by atoms with van der Waals surface area (Å²) >= 11 is 6.81. The molecule has 1 aliphatic carbocycles. The Kier molecular flexibility index (Phi) is 4.36. The number of hydrogen-bond acceptors (Lipinski definition) is 6. The monoisotopic (exact) mass is 436 g/mol. The summed E-state index contributed by atoms with van der Waals surface area (Å²) in [5.41, 5.74) is -0.0948. The van der Waals surface area contributed by atoms with Crippen molar-refractivity contribution in [1.29, 1.82) is 0 Å². The summed E-state index contributed by atoms with van der Waals surface area (Å²) in [6, 6.07) is 1.48. The van der Waals surface area contributed by atoms with E-state index in [1.165, 1.54) is 16.4 Å². The molecule has 5 rings (SSSR count). The highest BCUT2D eigenvalue weighted by molar-refractivity contribution is 7.09. The highest BCUT2D eigenvalue weighted by Crippen LogP contribution is 2.40. The van der Waals surface area contributed by atoms with Crippen LogP contribution >= 0.6 is 23.1 Å². The molecule has 3 aromatic rings. The first-order valence-electron chi connectivity index (χ1n) is 9.16. The maximum Gasteiger partial charge on any atom is 0.254 e. The van der Waals surface area contributed by atoms with Crippen molar-refractivity contribution in [2.24, 2.45) is 0 Å². The second kappa shape index (κ2) is 6.81. The zero-order valence-electron chi connectivity index (χ0n) is 15.3. The SMILES string of the molecule is C[C@@H]1c2nnc(-c3nc(C4CC4)ns3)n2CCN1C(=O)c1cc(F)c(Cl)c(F)c1. The highest BCUT2D eigenvalue weighted by atomic mass is 35.5. The summed E-state index contributed by atoms with van der Waals surface area (Å²) in [5, 5.41) is 8.59. The smallest absolute Gasteiger partial charge is 0.254 e. The van der Waals surface area contributed by atoms with Crippen molar-refractivity contribution in [3.63, 3.8) is 0 Å². The third kappa shape index (κ3) is 3.10. The first-order chi connectivity index (χ1) is 13.9. The summed E-state index contributed by atoms with van der Waals surface area (Å²) in [5.74, 6) is 0.116. The van der Waals surface area contributed by atoms with Gasteiger partial charge in [0.1, 0.15) is 22.5 Å². The summed E-state index contributed by atoms with van der Waals surface area (Å²) in [4.78, 5) is 19.0. The zero-order chi connectivity index (χ0) is 20.3. The molecule has 1 saturated carbocycles. The fourth-order valence-electron chi connectivity index (χ4n) is 3.50. The van der Waals surface area contributed by atoms with E-state index < -0.39 is 28.6 Å². The van der Waals surface area contributed by atoms with E-state index in [9.17, 15) is 13.6 Å². The standard InChI is InChI=1S/C18H15ClF2N6OS/c1-8-15-23-24-16(17-22-14(25-29-17)9-2-3-9)27(15)5-4-26(8)18(28)10-6-11(20)13(19)12(21)7-10/h6-9H,2-5H2,1H3/t8-/m1/s1. The van der Waals surface area contributed by atoms with Crippen LogP contribution in [0.1, 0.15) is 53.7 Å². The van der Waals surface area contributed by atoms with Crippen LogP contribution in [-0.2, 0) is 6.54 Å². The Labute approximate surface area is 173 Å². The molecule has 0 saturated heterocycles. The average Bonchev–Trinajstić information content (AvgIpc) is 3.27. The van der Waals surface area contributed by atoms with Gasteiger partial charge < -0.3 is 9.47 Å². The topological polar surface area (TPSA) is 76.8 Å². The number of carbonyl (C=O) groups excluding carboxylic acids is 1. The highest BCUT2D eigenvalue weighted by Gasteiger charge is 2.34. The van der Waals surface area contributed by atoms with Crippen LogP contribution in [0.15, 0.2) is 12.1 Å². The van der Waals surface area contributed by atoms with E-state index in [0.717, 1.165) is 30.8 Å². The van der Waals surface area contributed by atoms with Crippen molar-refractivity contribution in [1.82, 2.24) is 29.0 Å².